The first kappa shape index (κ1) is 31.0. The Bertz CT molecular complexity index is 1610. The zero-order valence-electron chi connectivity index (χ0n) is 24.2. The Hall–Kier alpha value is -3.90. The van der Waals surface area contributed by atoms with Gasteiger partial charge in [-0.05, 0) is 50.1 Å². The van der Waals surface area contributed by atoms with Gasteiger partial charge in [-0.3, -0.25) is 9.69 Å². The molecule has 0 bridgehead atoms. The fourth-order valence-corrected chi connectivity index (χ4v) is 7.29. The second kappa shape index (κ2) is 13.0. The molecule has 0 fully saturated rings. The SMILES string of the molecule is CCCCCCOc1ccc([C@@H]2C(S(=O)(=O)c3ccc(C)cc3)=C(O)C(=O)N2c2nc(C)c(C(=O)OC)s2)cc1OC. The third kappa shape index (κ3) is 6.00. The zero-order chi connectivity index (χ0) is 30.6. The summed E-state index contributed by atoms with van der Waals surface area (Å²) < 4.78 is 44.3. The van der Waals surface area contributed by atoms with Crippen molar-refractivity contribution in [2.75, 3.05) is 25.7 Å². The molecule has 2 heterocycles. The van der Waals surface area contributed by atoms with Crippen LogP contribution in [-0.4, -0.2) is 51.2 Å². The van der Waals surface area contributed by atoms with Crippen LogP contribution in [0.3, 0.4) is 0 Å². The molecule has 1 atom stereocenters. The molecule has 12 heteroatoms. The Morgan fingerprint density at radius 2 is 1.76 bits per heavy atom. The van der Waals surface area contributed by atoms with E-state index in [1.807, 2.05) is 6.92 Å². The summed E-state index contributed by atoms with van der Waals surface area (Å²) in [6.07, 6.45) is 4.10. The summed E-state index contributed by atoms with van der Waals surface area (Å²) >= 11 is 0.866. The molecule has 1 N–H and O–H groups in total. The Kier molecular flexibility index (Phi) is 9.57. The molecule has 0 saturated carbocycles. The van der Waals surface area contributed by atoms with Crippen LogP contribution in [0.4, 0.5) is 5.13 Å². The topological polar surface area (TPSA) is 132 Å². The van der Waals surface area contributed by atoms with E-state index in [-0.39, 0.29) is 14.9 Å². The van der Waals surface area contributed by atoms with Crippen LogP contribution in [0.15, 0.2) is 58.0 Å². The van der Waals surface area contributed by atoms with Crippen molar-refractivity contribution < 1.29 is 37.3 Å². The smallest absolute Gasteiger partial charge is 0.350 e. The minimum atomic E-state index is -4.37. The summed E-state index contributed by atoms with van der Waals surface area (Å²) in [5.41, 5.74) is 1.48. The lowest BCUT2D eigenvalue weighted by molar-refractivity contribution is -0.117. The lowest BCUT2D eigenvalue weighted by atomic mass is 10.1. The molecule has 10 nitrogen and oxygen atoms in total. The second-order valence-corrected chi connectivity index (χ2v) is 12.7. The van der Waals surface area contributed by atoms with Crippen molar-refractivity contribution in [1.82, 2.24) is 4.98 Å². The van der Waals surface area contributed by atoms with Gasteiger partial charge in [0.05, 0.1) is 31.4 Å². The number of hydrogen-bond acceptors (Lipinski definition) is 10. The number of aliphatic hydroxyl groups is 1. The molecule has 0 saturated heterocycles. The molecule has 224 valence electrons. The highest BCUT2D eigenvalue weighted by atomic mass is 32.2. The Morgan fingerprint density at radius 3 is 2.40 bits per heavy atom. The van der Waals surface area contributed by atoms with Crippen molar-refractivity contribution in [2.24, 2.45) is 0 Å². The number of benzene rings is 2. The zero-order valence-corrected chi connectivity index (χ0v) is 25.8. The van der Waals surface area contributed by atoms with E-state index in [4.69, 9.17) is 14.2 Å². The molecular weight excluding hydrogens is 580 g/mol. The number of amides is 1. The van der Waals surface area contributed by atoms with Crippen molar-refractivity contribution in [3.05, 3.63) is 74.8 Å². The van der Waals surface area contributed by atoms with E-state index < -0.39 is 38.4 Å². The number of aliphatic hydroxyl groups excluding tert-OH is 1. The molecule has 3 aromatic rings. The lowest BCUT2D eigenvalue weighted by Gasteiger charge is -2.25. The minimum Gasteiger partial charge on any atom is -0.502 e. The average Bonchev–Trinajstić information content (AvgIpc) is 3.49. The molecule has 1 aromatic heterocycles. The van der Waals surface area contributed by atoms with E-state index in [0.29, 0.717) is 29.4 Å². The van der Waals surface area contributed by atoms with Gasteiger partial charge in [0, 0.05) is 0 Å². The highest BCUT2D eigenvalue weighted by Crippen LogP contribution is 2.47. The standard InChI is InChI=1S/C30H34N2O8S2/c1-6-7-8-9-16-40-22-15-12-20(17-23(22)38-4)24-27(42(36,37)21-13-10-18(2)11-14-21)25(33)28(34)32(24)30-31-19(3)26(41-30)29(35)39-5/h10-15,17,24,33H,6-9,16H2,1-5H3/t24-/m1/s1. The predicted octanol–water partition coefficient (Wildman–Crippen LogP) is 5.85. The maximum Gasteiger partial charge on any atom is 0.350 e. The van der Waals surface area contributed by atoms with Gasteiger partial charge in [0.2, 0.25) is 9.84 Å². The fraction of sp³-hybridized carbons (Fsp3) is 0.367. The van der Waals surface area contributed by atoms with Crippen LogP contribution in [0, 0.1) is 13.8 Å². The maximum atomic E-state index is 14.0. The number of hydrogen-bond donors (Lipinski definition) is 1. The van der Waals surface area contributed by atoms with Gasteiger partial charge < -0.3 is 19.3 Å². The van der Waals surface area contributed by atoms with Gasteiger partial charge in [-0.15, -0.1) is 0 Å². The van der Waals surface area contributed by atoms with Crippen LogP contribution in [-0.2, 0) is 19.4 Å². The van der Waals surface area contributed by atoms with E-state index in [1.165, 1.54) is 26.4 Å². The number of carbonyl (C=O) groups is 2. The summed E-state index contributed by atoms with van der Waals surface area (Å²) in [5.74, 6) is -1.75. The Labute approximate surface area is 249 Å². The summed E-state index contributed by atoms with van der Waals surface area (Å²) in [6.45, 7) is 6.00. The number of nitrogens with zero attached hydrogens (tertiary/aromatic N) is 2. The van der Waals surface area contributed by atoms with Gasteiger partial charge in [0.1, 0.15) is 15.8 Å². The van der Waals surface area contributed by atoms with Crippen LogP contribution in [0.2, 0.25) is 0 Å². The molecule has 0 spiro atoms. The van der Waals surface area contributed by atoms with Crippen molar-refractivity contribution in [3.63, 3.8) is 0 Å². The predicted molar refractivity (Wildman–Crippen MR) is 159 cm³/mol. The summed E-state index contributed by atoms with van der Waals surface area (Å²) in [5, 5.41) is 11.1. The van der Waals surface area contributed by atoms with Crippen LogP contribution >= 0.6 is 11.3 Å². The van der Waals surface area contributed by atoms with Crippen molar-refractivity contribution >= 4 is 38.2 Å². The summed E-state index contributed by atoms with van der Waals surface area (Å²) in [6, 6.07) is 9.66. The third-order valence-corrected chi connectivity index (χ3v) is 9.93. The molecule has 2 aromatic carbocycles. The fourth-order valence-electron chi connectivity index (χ4n) is 4.65. The van der Waals surface area contributed by atoms with Gasteiger partial charge in [0.25, 0.3) is 5.91 Å². The number of anilines is 1. The number of rotatable bonds is 12. The Morgan fingerprint density at radius 1 is 1.05 bits per heavy atom. The molecule has 1 amide bonds. The van der Waals surface area contributed by atoms with E-state index >= 15 is 0 Å². The molecule has 0 radical (unpaired) electrons. The molecule has 1 aliphatic rings. The molecule has 1 aliphatic heterocycles. The van der Waals surface area contributed by atoms with E-state index in [0.717, 1.165) is 47.5 Å². The third-order valence-electron chi connectivity index (χ3n) is 6.90. The first-order valence-electron chi connectivity index (χ1n) is 13.5. The van der Waals surface area contributed by atoms with Crippen molar-refractivity contribution in [3.8, 4) is 11.5 Å². The Balaban J connectivity index is 1.84. The number of aryl methyl sites for hydroxylation is 2. The van der Waals surface area contributed by atoms with E-state index in [1.54, 1.807) is 37.3 Å². The first-order chi connectivity index (χ1) is 20.0. The maximum absolute atomic E-state index is 14.0. The number of sulfone groups is 1. The number of thiazole rings is 1. The number of unbranched alkanes of at least 4 members (excludes halogenated alkanes) is 3. The van der Waals surface area contributed by atoms with Crippen LogP contribution in [0.5, 0.6) is 11.5 Å². The summed E-state index contributed by atoms with van der Waals surface area (Å²) in [4.78, 5) is 30.9. The number of carbonyl (C=O) groups excluding carboxylic acids is 2. The molecule has 0 aliphatic carbocycles. The van der Waals surface area contributed by atoms with Crippen LogP contribution < -0.4 is 14.4 Å². The average molecular weight is 615 g/mol. The first-order valence-corrected chi connectivity index (χ1v) is 15.8. The number of esters is 1. The molecule has 4 rings (SSSR count). The molecule has 42 heavy (non-hydrogen) atoms. The normalized spacial score (nSPS) is 15.3. The monoisotopic (exact) mass is 614 g/mol. The lowest BCUT2D eigenvalue weighted by Crippen LogP contribution is -2.31. The van der Waals surface area contributed by atoms with E-state index in [9.17, 15) is 23.1 Å². The van der Waals surface area contributed by atoms with Crippen LogP contribution in [0.1, 0.15) is 65.1 Å². The highest BCUT2D eigenvalue weighted by molar-refractivity contribution is 7.95. The number of ether oxygens (including phenoxy) is 3. The molecule has 0 unspecified atom stereocenters. The second-order valence-electron chi connectivity index (χ2n) is 9.83. The highest BCUT2D eigenvalue weighted by Gasteiger charge is 2.49. The van der Waals surface area contributed by atoms with Crippen molar-refractivity contribution in [2.45, 2.75) is 57.4 Å². The van der Waals surface area contributed by atoms with Gasteiger partial charge in [0.15, 0.2) is 22.4 Å². The largest absolute Gasteiger partial charge is 0.502 e. The molecular formula is C30H34N2O8S2. The quantitative estimate of drug-likeness (QED) is 0.197. The van der Waals surface area contributed by atoms with Gasteiger partial charge in [-0.25, -0.2) is 18.2 Å². The van der Waals surface area contributed by atoms with Gasteiger partial charge in [-0.2, -0.15) is 0 Å². The van der Waals surface area contributed by atoms with Crippen LogP contribution in [0.25, 0.3) is 0 Å². The summed E-state index contributed by atoms with van der Waals surface area (Å²) in [7, 11) is -1.68. The van der Waals surface area contributed by atoms with E-state index in [2.05, 4.69) is 11.9 Å². The van der Waals surface area contributed by atoms with Crippen molar-refractivity contribution in [1.29, 1.82) is 0 Å². The van der Waals surface area contributed by atoms with Gasteiger partial charge >= 0.3 is 5.97 Å². The number of methoxy groups -OCH3 is 2. The number of aromatic nitrogens is 1. The van der Waals surface area contributed by atoms with Gasteiger partial charge in [-0.1, -0.05) is 61.3 Å². The minimum absolute atomic E-state index is 0.0266.